The highest BCUT2D eigenvalue weighted by Crippen LogP contribution is 2.44. The second-order valence-electron chi connectivity index (χ2n) is 9.26. The van der Waals surface area contributed by atoms with Gasteiger partial charge in [0, 0.05) is 23.5 Å². The number of thiophene rings is 1. The van der Waals surface area contributed by atoms with Crippen molar-refractivity contribution < 1.29 is 14.0 Å². The second kappa shape index (κ2) is 9.82. The molecular formula is C26H31FN2O2S. The molecule has 2 aromatic rings. The van der Waals surface area contributed by atoms with Gasteiger partial charge in [-0.05, 0) is 60.4 Å². The van der Waals surface area contributed by atoms with Gasteiger partial charge in [0.25, 0.3) is 11.8 Å². The number of hydrogen-bond donors (Lipinski definition) is 1. The highest BCUT2D eigenvalue weighted by atomic mass is 32.1. The first-order valence-corrected chi connectivity index (χ1v) is 11.7. The topological polar surface area (TPSA) is 49.4 Å². The average Bonchev–Trinajstić information content (AvgIpc) is 3.09. The van der Waals surface area contributed by atoms with Gasteiger partial charge in [0.05, 0.1) is 5.56 Å². The Bertz CT molecular complexity index is 1010. The van der Waals surface area contributed by atoms with Crippen LogP contribution < -0.4 is 5.32 Å². The number of rotatable bonds is 7. The van der Waals surface area contributed by atoms with Crippen molar-refractivity contribution in [3.8, 4) is 0 Å². The Morgan fingerprint density at radius 1 is 1.19 bits per heavy atom. The molecule has 0 radical (unpaired) electrons. The first-order chi connectivity index (χ1) is 15.2. The van der Waals surface area contributed by atoms with E-state index in [1.54, 1.807) is 17.1 Å². The molecule has 4 nitrogen and oxygen atoms in total. The minimum Gasteiger partial charge on any atom is -0.331 e. The van der Waals surface area contributed by atoms with Crippen LogP contribution in [0, 0.1) is 17.2 Å². The van der Waals surface area contributed by atoms with Crippen LogP contribution in [0.2, 0.25) is 0 Å². The maximum Gasteiger partial charge on any atom is 0.257 e. The second-order valence-corrected chi connectivity index (χ2v) is 10.4. The van der Waals surface area contributed by atoms with E-state index in [0.717, 1.165) is 29.7 Å². The summed E-state index contributed by atoms with van der Waals surface area (Å²) in [5.41, 5.74) is 2.11. The summed E-state index contributed by atoms with van der Waals surface area (Å²) in [4.78, 5) is 29.3. The lowest BCUT2D eigenvalue weighted by atomic mass is 9.72. The summed E-state index contributed by atoms with van der Waals surface area (Å²) in [5, 5.41) is 3.49. The number of carbonyl (C=O) groups is 2. The molecule has 32 heavy (non-hydrogen) atoms. The van der Waals surface area contributed by atoms with Crippen LogP contribution in [0.5, 0.6) is 0 Å². The molecule has 0 bridgehead atoms. The Kier molecular flexibility index (Phi) is 7.34. The van der Waals surface area contributed by atoms with Crippen molar-refractivity contribution in [1.29, 1.82) is 0 Å². The van der Waals surface area contributed by atoms with Crippen LogP contribution >= 0.6 is 11.3 Å². The molecule has 0 aliphatic heterocycles. The van der Waals surface area contributed by atoms with Crippen LogP contribution in [0.3, 0.4) is 0 Å². The molecule has 1 aromatic carbocycles. The lowest BCUT2D eigenvalue weighted by molar-refractivity contribution is 0.0790. The van der Waals surface area contributed by atoms with Crippen LogP contribution in [-0.2, 0) is 12.8 Å². The van der Waals surface area contributed by atoms with Gasteiger partial charge in [0.15, 0.2) is 0 Å². The van der Waals surface area contributed by atoms with Crippen molar-refractivity contribution in [3.63, 3.8) is 0 Å². The normalized spacial score (nSPS) is 15.6. The summed E-state index contributed by atoms with van der Waals surface area (Å²) in [6.07, 6.45) is 6.07. The number of benzene rings is 1. The molecule has 3 rings (SSSR count). The zero-order chi connectivity index (χ0) is 23.5. The molecule has 1 heterocycles. The van der Waals surface area contributed by atoms with E-state index < -0.39 is 5.82 Å². The van der Waals surface area contributed by atoms with Gasteiger partial charge in [-0.15, -0.1) is 24.5 Å². The summed E-state index contributed by atoms with van der Waals surface area (Å²) in [7, 11) is 0. The molecule has 1 aromatic heterocycles. The van der Waals surface area contributed by atoms with E-state index in [9.17, 15) is 14.0 Å². The lowest BCUT2D eigenvalue weighted by Gasteiger charge is -2.34. The first-order valence-electron chi connectivity index (χ1n) is 10.9. The van der Waals surface area contributed by atoms with Crippen LogP contribution in [0.1, 0.15) is 58.3 Å². The molecule has 1 aliphatic carbocycles. The number of nitrogens with one attached hydrogen (secondary N) is 1. The molecule has 0 saturated heterocycles. The van der Waals surface area contributed by atoms with E-state index in [0.29, 0.717) is 35.1 Å². The number of carbonyl (C=O) groups excluding carboxylic acids is 2. The SMILES string of the molecule is C=CCN(CC=C)C(=O)c1c(NC(=O)c2ccc(F)cc2)sc2c1CC[C@@H](C(C)(C)C)C2. The van der Waals surface area contributed by atoms with E-state index >= 15 is 0 Å². The van der Waals surface area contributed by atoms with Gasteiger partial charge >= 0.3 is 0 Å². The van der Waals surface area contributed by atoms with E-state index in [1.807, 2.05) is 0 Å². The monoisotopic (exact) mass is 454 g/mol. The van der Waals surface area contributed by atoms with Gasteiger partial charge < -0.3 is 10.2 Å². The zero-order valence-electron chi connectivity index (χ0n) is 19.0. The zero-order valence-corrected chi connectivity index (χ0v) is 19.9. The molecule has 1 aliphatic rings. The molecular weight excluding hydrogens is 423 g/mol. The fourth-order valence-electron chi connectivity index (χ4n) is 4.13. The van der Waals surface area contributed by atoms with Crippen molar-refractivity contribution >= 4 is 28.2 Å². The van der Waals surface area contributed by atoms with Crippen molar-refractivity contribution in [2.45, 2.75) is 40.0 Å². The fraction of sp³-hybridized carbons (Fsp3) is 0.385. The molecule has 0 fully saturated rings. The van der Waals surface area contributed by atoms with Crippen LogP contribution in [-0.4, -0.2) is 29.8 Å². The summed E-state index contributed by atoms with van der Waals surface area (Å²) >= 11 is 1.48. The predicted octanol–water partition coefficient (Wildman–Crippen LogP) is 6.10. The predicted molar refractivity (Wildman–Crippen MR) is 130 cm³/mol. The number of fused-ring (bicyclic) bond motifs is 1. The molecule has 0 unspecified atom stereocenters. The Morgan fingerprint density at radius 2 is 1.81 bits per heavy atom. The van der Waals surface area contributed by atoms with Gasteiger partial charge in [0.2, 0.25) is 0 Å². The maximum atomic E-state index is 13.6. The van der Waals surface area contributed by atoms with Crippen LogP contribution in [0.25, 0.3) is 0 Å². The third-order valence-electron chi connectivity index (χ3n) is 6.02. The molecule has 1 atom stereocenters. The Labute approximate surface area is 193 Å². The maximum absolute atomic E-state index is 13.6. The highest BCUT2D eigenvalue weighted by molar-refractivity contribution is 7.17. The number of halogens is 1. The van der Waals surface area contributed by atoms with Crippen molar-refractivity contribution in [2.75, 3.05) is 18.4 Å². The van der Waals surface area contributed by atoms with Gasteiger partial charge in [0.1, 0.15) is 10.8 Å². The Hall–Kier alpha value is -2.73. The van der Waals surface area contributed by atoms with Gasteiger partial charge in [-0.2, -0.15) is 0 Å². The van der Waals surface area contributed by atoms with Gasteiger partial charge in [-0.3, -0.25) is 9.59 Å². The summed E-state index contributed by atoms with van der Waals surface area (Å²) < 4.78 is 13.3. The third-order valence-corrected chi connectivity index (χ3v) is 7.19. The molecule has 2 amide bonds. The smallest absolute Gasteiger partial charge is 0.257 e. The average molecular weight is 455 g/mol. The van der Waals surface area contributed by atoms with E-state index in [4.69, 9.17) is 0 Å². The molecule has 1 N–H and O–H groups in total. The first kappa shape index (κ1) is 23.9. The Balaban J connectivity index is 2.01. The van der Waals surface area contributed by atoms with Crippen molar-refractivity contribution in [3.05, 3.63) is 77.0 Å². The van der Waals surface area contributed by atoms with E-state index in [1.165, 1.54) is 35.6 Å². The summed E-state index contributed by atoms with van der Waals surface area (Å²) in [6, 6.07) is 5.39. The summed E-state index contributed by atoms with van der Waals surface area (Å²) in [6.45, 7) is 15.1. The minimum atomic E-state index is -0.401. The molecule has 170 valence electrons. The fourth-order valence-corrected chi connectivity index (χ4v) is 5.44. The quantitative estimate of drug-likeness (QED) is 0.514. The Morgan fingerprint density at radius 3 is 2.38 bits per heavy atom. The number of amides is 2. The van der Waals surface area contributed by atoms with Crippen LogP contribution in [0.4, 0.5) is 9.39 Å². The number of hydrogen-bond acceptors (Lipinski definition) is 3. The molecule has 0 spiro atoms. The lowest BCUT2D eigenvalue weighted by Crippen LogP contribution is -2.33. The largest absolute Gasteiger partial charge is 0.331 e. The minimum absolute atomic E-state index is 0.133. The highest BCUT2D eigenvalue weighted by Gasteiger charge is 2.35. The number of anilines is 1. The standard InChI is InChI=1S/C26H31FN2O2S/c1-6-14-29(15-7-2)25(31)22-20-13-10-18(26(3,4)5)16-21(20)32-24(22)28-23(30)17-8-11-19(27)12-9-17/h6-9,11-12,18H,1-2,10,13-16H2,3-5H3,(H,28,30)/t18-/m1/s1. The van der Waals surface area contributed by atoms with E-state index in [-0.39, 0.29) is 17.2 Å². The van der Waals surface area contributed by atoms with Crippen molar-refractivity contribution in [1.82, 2.24) is 4.90 Å². The summed E-state index contributed by atoms with van der Waals surface area (Å²) in [5.74, 6) is -0.383. The van der Waals surface area contributed by atoms with E-state index in [2.05, 4.69) is 39.2 Å². The molecule has 0 saturated carbocycles. The van der Waals surface area contributed by atoms with Gasteiger partial charge in [-0.25, -0.2) is 4.39 Å². The van der Waals surface area contributed by atoms with Crippen LogP contribution in [0.15, 0.2) is 49.6 Å². The van der Waals surface area contributed by atoms with Gasteiger partial charge in [-0.1, -0.05) is 32.9 Å². The third kappa shape index (κ3) is 5.18. The number of nitrogens with zero attached hydrogens (tertiary/aromatic N) is 1. The van der Waals surface area contributed by atoms with Crippen molar-refractivity contribution in [2.24, 2.45) is 11.3 Å². The molecule has 6 heteroatoms.